The zero-order valence-electron chi connectivity index (χ0n) is 12.5. The Kier molecular flexibility index (Phi) is 5.74. The maximum Gasteiger partial charge on any atom is 0.337 e. The van der Waals surface area contributed by atoms with Gasteiger partial charge in [0.1, 0.15) is 0 Å². The molecule has 0 spiro atoms. The van der Waals surface area contributed by atoms with E-state index >= 15 is 0 Å². The molecule has 2 aromatic rings. The van der Waals surface area contributed by atoms with Gasteiger partial charge < -0.3 is 19.9 Å². The summed E-state index contributed by atoms with van der Waals surface area (Å²) in [5.41, 5.74) is 1.66. The molecule has 0 saturated carbocycles. The van der Waals surface area contributed by atoms with Crippen molar-refractivity contribution in [2.24, 2.45) is 0 Å². The summed E-state index contributed by atoms with van der Waals surface area (Å²) in [5, 5.41) is 12.3. The number of benzene rings is 2. The van der Waals surface area contributed by atoms with Crippen molar-refractivity contribution >= 4 is 39.2 Å². The smallest absolute Gasteiger partial charge is 0.337 e. The number of ether oxygens (including phenoxy) is 2. The first kappa shape index (κ1) is 17.4. The number of anilines is 1. The molecule has 122 valence electrons. The molecule has 0 aliphatic heterocycles. The average Bonchev–Trinajstić information content (AvgIpc) is 2.51. The Hall–Kier alpha value is -1.92. The highest BCUT2D eigenvalue weighted by Gasteiger charge is 2.13. The Bertz CT molecular complexity index is 736. The fourth-order valence-electron chi connectivity index (χ4n) is 2.13. The number of aromatic carboxylic acids is 1. The van der Waals surface area contributed by atoms with Crippen LogP contribution in [0.3, 0.4) is 0 Å². The van der Waals surface area contributed by atoms with E-state index in [-0.39, 0.29) is 10.6 Å². The van der Waals surface area contributed by atoms with Gasteiger partial charge in [0.25, 0.3) is 0 Å². The zero-order chi connectivity index (χ0) is 17.0. The molecule has 23 heavy (non-hydrogen) atoms. The summed E-state index contributed by atoms with van der Waals surface area (Å²) < 4.78 is 11.6. The quantitative estimate of drug-likeness (QED) is 0.751. The number of methoxy groups -OCH3 is 2. The van der Waals surface area contributed by atoms with Crippen molar-refractivity contribution in [3.05, 3.63) is 51.0 Å². The number of halogens is 2. The van der Waals surface area contributed by atoms with Crippen molar-refractivity contribution in [2.45, 2.75) is 6.54 Å². The standard InChI is InChI=1S/C16H15BrClNO4/c1-22-14-6-10(17)5-9(15(14)23-2)8-19-11-3-4-12(16(20)21)13(18)7-11/h3-7,19H,8H2,1-2H3,(H,20,21). The highest BCUT2D eigenvalue weighted by atomic mass is 79.9. The number of carboxylic acids is 1. The molecule has 2 aromatic carbocycles. The number of nitrogens with one attached hydrogen (secondary N) is 1. The van der Waals surface area contributed by atoms with Gasteiger partial charge in [0, 0.05) is 22.3 Å². The fraction of sp³-hybridized carbons (Fsp3) is 0.188. The van der Waals surface area contributed by atoms with Crippen molar-refractivity contribution in [3.8, 4) is 11.5 Å². The first-order chi connectivity index (χ1) is 11.0. The molecule has 5 nitrogen and oxygen atoms in total. The van der Waals surface area contributed by atoms with Gasteiger partial charge in [0.15, 0.2) is 11.5 Å². The van der Waals surface area contributed by atoms with Crippen LogP contribution in [-0.4, -0.2) is 25.3 Å². The molecule has 0 radical (unpaired) electrons. The van der Waals surface area contributed by atoms with Crippen LogP contribution in [0.25, 0.3) is 0 Å². The molecule has 0 atom stereocenters. The molecule has 0 unspecified atom stereocenters. The molecule has 0 saturated heterocycles. The van der Waals surface area contributed by atoms with Gasteiger partial charge in [-0.2, -0.15) is 0 Å². The zero-order valence-corrected chi connectivity index (χ0v) is 14.9. The molecule has 0 heterocycles. The Labute approximate surface area is 147 Å². The van der Waals surface area contributed by atoms with E-state index in [1.807, 2.05) is 12.1 Å². The first-order valence-electron chi connectivity index (χ1n) is 6.63. The lowest BCUT2D eigenvalue weighted by molar-refractivity contribution is 0.0697. The third kappa shape index (κ3) is 4.09. The molecule has 0 bridgehead atoms. The van der Waals surface area contributed by atoms with Crippen LogP contribution in [0.2, 0.25) is 5.02 Å². The Morgan fingerprint density at radius 1 is 1.26 bits per heavy atom. The van der Waals surface area contributed by atoms with Gasteiger partial charge in [-0.05, 0) is 30.3 Å². The second-order valence-electron chi connectivity index (χ2n) is 4.65. The molecular weight excluding hydrogens is 386 g/mol. The Morgan fingerprint density at radius 2 is 2.00 bits per heavy atom. The molecule has 2 N–H and O–H groups in total. The van der Waals surface area contributed by atoms with Crippen LogP contribution >= 0.6 is 27.5 Å². The molecule has 0 fully saturated rings. The summed E-state index contributed by atoms with van der Waals surface area (Å²) in [6, 6.07) is 8.44. The predicted octanol–water partition coefficient (Wildman–Crippen LogP) is 4.43. The Balaban J connectivity index is 2.22. The number of hydrogen-bond acceptors (Lipinski definition) is 4. The largest absolute Gasteiger partial charge is 0.493 e. The van der Waals surface area contributed by atoms with Gasteiger partial charge in [-0.25, -0.2) is 4.79 Å². The van der Waals surface area contributed by atoms with Crippen molar-refractivity contribution in [1.82, 2.24) is 0 Å². The molecule has 0 aliphatic rings. The van der Waals surface area contributed by atoms with Crippen molar-refractivity contribution in [3.63, 3.8) is 0 Å². The lowest BCUT2D eigenvalue weighted by Crippen LogP contribution is -2.04. The van der Waals surface area contributed by atoms with Gasteiger partial charge in [0.05, 0.1) is 24.8 Å². The van der Waals surface area contributed by atoms with E-state index in [4.69, 9.17) is 26.2 Å². The SMILES string of the molecule is COc1cc(Br)cc(CNc2ccc(C(=O)O)c(Cl)c2)c1OC. The van der Waals surface area contributed by atoms with Crippen LogP contribution in [-0.2, 0) is 6.54 Å². The maximum atomic E-state index is 11.0. The van der Waals surface area contributed by atoms with E-state index in [0.29, 0.717) is 23.7 Å². The van der Waals surface area contributed by atoms with Gasteiger partial charge in [-0.15, -0.1) is 0 Å². The van der Waals surface area contributed by atoms with E-state index in [1.54, 1.807) is 26.4 Å². The summed E-state index contributed by atoms with van der Waals surface area (Å²) in [7, 11) is 3.15. The highest BCUT2D eigenvalue weighted by Crippen LogP contribution is 2.35. The minimum atomic E-state index is -1.06. The first-order valence-corrected chi connectivity index (χ1v) is 7.80. The lowest BCUT2D eigenvalue weighted by Gasteiger charge is -2.15. The molecule has 0 aromatic heterocycles. The number of carboxylic acid groups (broad SMARTS) is 1. The van der Waals surface area contributed by atoms with Crippen LogP contribution in [0.5, 0.6) is 11.5 Å². The van der Waals surface area contributed by atoms with Crippen molar-refractivity contribution in [1.29, 1.82) is 0 Å². The molecule has 0 aliphatic carbocycles. The average molecular weight is 401 g/mol. The number of rotatable bonds is 6. The lowest BCUT2D eigenvalue weighted by atomic mass is 10.1. The number of carbonyl (C=O) groups is 1. The van der Waals surface area contributed by atoms with Crippen molar-refractivity contribution in [2.75, 3.05) is 19.5 Å². The molecule has 2 rings (SSSR count). The van der Waals surface area contributed by atoms with E-state index in [0.717, 1.165) is 10.0 Å². The van der Waals surface area contributed by atoms with E-state index in [1.165, 1.54) is 6.07 Å². The molecule has 0 amide bonds. The predicted molar refractivity (Wildman–Crippen MR) is 93.0 cm³/mol. The summed E-state index contributed by atoms with van der Waals surface area (Å²) in [6.07, 6.45) is 0. The van der Waals surface area contributed by atoms with Gasteiger partial charge in [-0.3, -0.25) is 0 Å². The monoisotopic (exact) mass is 399 g/mol. The molecular formula is C16H15BrClNO4. The summed E-state index contributed by atoms with van der Waals surface area (Å²) >= 11 is 9.40. The van der Waals surface area contributed by atoms with Crippen molar-refractivity contribution < 1.29 is 19.4 Å². The van der Waals surface area contributed by atoms with Crippen LogP contribution < -0.4 is 14.8 Å². The summed E-state index contributed by atoms with van der Waals surface area (Å²) in [6.45, 7) is 0.460. The second kappa shape index (κ2) is 7.57. The maximum absolute atomic E-state index is 11.0. The normalized spacial score (nSPS) is 10.3. The van der Waals surface area contributed by atoms with Gasteiger partial charge in [0.2, 0.25) is 0 Å². The van der Waals surface area contributed by atoms with Crippen LogP contribution in [0.1, 0.15) is 15.9 Å². The van der Waals surface area contributed by atoms with E-state index in [9.17, 15) is 4.79 Å². The van der Waals surface area contributed by atoms with Crippen LogP contribution in [0.15, 0.2) is 34.8 Å². The minimum Gasteiger partial charge on any atom is -0.493 e. The highest BCUT2D eigenvalue weighted by molar-refractivity contribution is 9.10. The van der Waals surface area contributed by atoms with E-state index in [2.05, 4.69) is 21.2 Å². The Morgan fingerprint density at radius 3 is 2.57 bits per heavy atom. The van der Waals surface area contributed by atoms with Crippen LogP contribution in [0, 0.1) is 0 Å². The third-order valence-corrected chi connectivity index (χ3v) is 3.97. The second-order valence-corrected chi connectivity index (χ2v) is 5.98. The van der Waals surface area contributed by atoms with Gasteiger partial charge >= 0.3 is 5.97 Å². The number of hydrogen-bond donors (Lipinski definition) is 2. The fourth-order valence-corrected chi connectivity index (χ4v) is 2.88. The van der Waals surface area contributed by atoms with Gasteiger partial charge in [-0.1, -0.05) is 27.5 Å². The van der Waals surface area contributed by atoms with Crippen LogP contribution in [0.4, 0.5) is 5.69 Å². The third-order valence-electron chi connectivity index (χ3n) is 3.20. The van der Waals surface area contributed by atoms with E-state index < -0.39 is 5.97 Å². The molecule has 7 heteroatoms. The minimum absolute atomic E-state index is 0.0684. The summed E-state index contributed by atoms with van der Waals surface area (Å²) in [5.74, 6) is 0.203. The summed E-state index contributed by atoms with van der Waals surface area (Å²) in [4.78, 5) is 11.0. The topological polar surface area (TPSA) is 67.8 Å².